The maximum Gasteiger partial charge on any atom is 0.354 e. The molecule has 6 heteroatoms. The Kier molecular flexibility index (Phi) is 6.75. The first-order valence-corrected chi connectivity index (χ1v) is 8.30. The molecule has 0 saturated heterocycles. The zero-order chi connectivity index (χ0) is 18.6. The molecule has 0 aliphatic rings. The summed E-state index contributed by atoms with van der Waals surface area (Å²) in [5.41, 5.74) is 2.16. The number of ether oxygens (including phenoxy) is 1. The molecule has 1 amide bonds. The van der Waals surface area contributed by atoms with Gasteiger partial charge in [0.25, 0.3) is 0 Å². The molecule has 0 aliphatic carbocycles. The number of carbonyl (C=O) groups excluding carboxylic acids is 3. The van der Waals surface area contributed by atoms with Crippen LogP contribution in [0.5, 0.6) is 0 Å². The highest BCUT2D eigenvalue weighted by atomic mass is 16.5. The number of nitrogens with zero attached hydrogens (tertiary/aromatic N) is 2. The topological polar surface area (TPSA) is 68.6 Å². The highest BCUT2D eigenvalue weighted by Gasteiger charge is 2.31. The summed E-state index contributed by atoms with van der Waals surface area (Å²) < 4.78 is 6.49. The number of aromatic nitrogens is 1. The minimum atomic E-state index is -0.567. The van der Waals surface area contributed by atoms with Gasteiger partial charge < -0.3 is 14.2 Å². The molecule has 1 atom stereocenters. The lowest BCUT2D eigenvalue weighted by molar-refractivity contribution is -0.132. The fourth-order valence-electron chi connectivity index (χ4n) is 3.06. The second-order valence-corrected chi connectivity index (χ2v) is 5.97. The van der Waals surface area contributed by atoms with Crippen molar-refractivity contribution in [2.75, 3.05) is 13.7 Å². The standard InChI is InChI=1S/C18H28N2O4/c1-8-10-20(14(21)9-2)13(5)17(22)15-11(3)16(18(23)24-7)19(6)12(15)4/h13H,8-10H2,1-7H3. The smallest absolute Gasteiger partial charge is 0.354 e. The van der Waals surface area contributed by atoms with Gasteiger partial charge >= 0.3 is 5.97 Å². The number of rotatable bonds is 7. The number of Topliss-reactive ketones (excluding diaryl/α,β-unsaturated/α-hetero) is 1. The summed E-state index contributed by atoms with van der Waals surface area (Å²) in [5.74, 6) is -0.664. The molecular formula is C18H28N2O4. The van der Waals surface area contributed by atoms with E-state index < -0.39 is 12.0 Å². The number of hydrogen-bond donors (Lipinski definition) is 0. The Morgan fingerprint density at radius 3 is 2.25 bits per heavy atom. The summed E-state index contributed by atoms with van der Waals surface area (Å²) in [6, 6.07) is -0.567. The Balaban J connectivity index is 3.33. The molecule has 0 bridgehead atoms. The average Bonchev–Trinajstić information content (AvgIpc) is 2.79. The van der Waals surface area contributed by atoms with E-state index in [0.29, 0.717) is 35.5 Å². The molecule has 24 heavy (non-hydrogen) atoms. The number of ketones is 1. The third-order valence-corrected chi connectivity index (χ3v) is 4.49. The van der Waals surface area contributed by atoms with Crippen LogP contribution in [0, 0.1) is 13.8 Å². The Labute approximate surface area is 143 Å². The van der Waals surface area contributed by atoms with Crippen molar-refractivity contribution in [3.8, 4) is 0 Å². The van der Waals surface area contributed by atoms with Crippen molar-refractivity contribution >= 4 is 17.7 Å². The van der Waals surface area contributed by atoms with Crippen LogP contribution >= 0.6 is 0 Å². The van der Waals surface area contributed by atoms with Crippen molar-refractivity contribution in [2.24, 2.45) is 7.05 Å². The zero-order valence-electron chi connectivity index (χ0n) is 15.7. The van der Waals surface area contributed by atoms with Crippen LogP contribution in [-0.2, 0) is 16.6 Å². The minimum Gasteiger partial charge on any atom is -0.464 e. The second-order valence-electron chi connectivity index (χ2n) is 5.97. The molecule has 6 nitrogen and oxygen atoms in total. The SMILES string of the molecule is CCCN(C(=O)CC)C(C)C(=O)c1c(C)c(C(=O)OC)n(C)c1C. The van der Waals surface area contributed by atoms with Crippen LogP contribution in [0.4, 0.5) is 0 Å². The molecule has 0 aromatic carbocycles. The molecule has 1 aromatic rings. The Morgan fingerprint density at radius 2 is 1.79 bits per heavy atom. The van der Waals surface area contributed by atoms with E-state index in [4.69, 9.17) is 4.74 Å². The number of hydrogen-bond acceptors (Lipinski definition) is 4. The summed E-state index contributed by atoms with van der Waals surface area (Å²) in [4.78, 5) is 38.8. The van der Waals surface area contributed by atoms with Gasteiger partial charge in [0.05, 0.1) is 13.2 Å². The molecule has 1 rings (SSSR count). The molecular weight excluding hydrogens is 308 g/mol. The second kappa shape index (κ2) is 8.13. The van der Waals surface area contributed by atoms with E-state index in [0.717, 1.165) is 6.42 Å². The maximum atomic E-state index is 13.0. The Hall–Kier alpha value is -2.11. The molecule has 0 N–H and O–H groups in total. The van der Waals surface area contributed by atoms with E-state index in [-0.39, 0.29) is 11.7 Å². The average molecular weight is 336 g/mol. The number of methoxy groups -OCH3 is 1. The highest BCUT2D eigenvalue weighted by Crippen LogP contribution is 2.24. The van der Waals surface area contributed by atoms with Crippen molar-refractivity contribution in [1.82, 2.24) is 9.47 Å². The van der Waals surface area contributed by atoms with E-state index in [1.807, 2.05) is 6.92 Å². The summed E-state index contributed by atoms with van der Waals surface area (Å²) in [7, 11) is 3.05. The first-order valence-electron chi connectivity index (χ1n) is 8.30. The predicted octanol–water partition coefficient (Wildman–Crippen LogP) is 2.65. The number of esters is 1. The van der Waals surface area contributed by atoms with Crippen LogP contribution in [0.25, 0.3) is 0 Å². The van der Waals surface area contributed by atoms with Gasteiger partial charge in [-0.15, -0.1) is 0 Å². The normalized spacial score (nSPS) is 12.0. The van der Waals surface area contributed by atoms with Crippen molar-refractivity contribution in [3.63, 3.8) is 0 Å². The van der Waals surface area contributed by atoms with Crippen LogP contribution in [0.2, 0.25) is 0 Å². The van der Waals surface area contributed by atoms with E-state index in [1.54, 1.807) is 44.2 Å². The molecule has 0 fully saturated rings. The highest BCUT2D eigenvalue weighted by molar-refractivity contribution is 6.06. The van der Waals surface area contributed by atoms with Gasteiger partial charge in [-0.05, 0) is 32.8 Å². The molecule has 1 unspecified atom stereocenters. The van der Waals surface area contributed by atoms with Gasteiger partial charge in [-0.3, -0.25) is 9.59 Å². The summed E-state index contributed by atoms with van der Waals surface area (Å²) in [6.07, 6.45) is 1.14. The molecule has 1 aromatic heterocycles. The lowest BCUT2D eigenvalue weighted by Crippen LogP contribution is -2.43. The summed E-state index contributed by atoms with van der Waals surface area (Å²) in [5, 5.41) is 0. The Bertz CT molecular complexity index is 646. The van der Waals surface area contributed by atoms with Crippen LogP contribution in [0.3, 0.4) is 0 Å². The molecule has 1 heterocycles. The third-order valence-electron chi connectivity index (χ3n) is 4.49. The summed E-state index contributed by atoms with van der Waals surface area (Å²) in [6.45, 7) is 9.58. The van der Waals surface area contributed by atoms with Gasteiger partial charge in [0.1, 0.15) is 5.69 Å². The molecule has 0 saturated carbocycles. The predicted molar refractivity (Wildman–Crippen MR) is 92.3 cm³/mol. The number of carbonyl (C=O) groups is 3. The zero-order valence-corrected chi connectivity index (χ0v) is 15.7. The fraction of sp³-hybridized carbons (Fsp3) is 0.611. The van der Waals surface area contributed by atoms with Crippen molar-refractivity contribution < 1.29 is 19.1 Å². The third kappa shape index (κ3) is 3.52. The van der Waals surface area contributed by atoms with Gasteiger partial charge in [-0.1, -0.05) is 13.8 Å². The van der Waals surface area contributed by atoms with Crippen LogP contribution in [0.1, 0.15) is 65.7 Å². The lowest BCUT2D eigenvalue weighted by atomic mass is 9.99. The molecule has 0 radical (unpaired) electrons. The van der Waals surface area contributed by atoms with Crippen LogP contribution in [-0.4, -0.2) is 46.8 Å². The van der Waals surface area contributed by atoms with Gasteiger partial charge in [0.15, 0.2) is 5.78 Å². The monoisotopic (exact) mass is 336 g/mol. The minimum absolute atomic E-state index is 0.0443. The molecule has 0 aliphatic heterocycles. The first kappa shape index (κ1) is 19.9. The van der Waals surface area contributed by atoms with Crippen molar-refractivity contribution in [2.45, 2.75) is 53.5 Å². The van der Waals surface area contributed by atoms with Crippen molar-refractivity contribution in [1.29, 1.82) is 0 Å². The molecule has 0 spiro atoms. The van der Waals surface area contributed by atoms with Crippen LogP contribution < -0.4 is 0 Å². The summed E-state index contributed by atoms with van der Waals surface area (Å²) >= 11 is 0. The van der Waals surface area contributed by atoms with Gasteiger partial charge in [-0.25, -0.2) is 4.79 Å². The van der Waals surface area contributed by atoms with Crippen LogP contribution in [0.15, 0.2) is 0 Å². The van der Waals surface area contributed by atoms with Gasteiger partial charge in [-0.2, -0.15) is 0 Å². The van der Waals surface area contributed by atoms with E-state index in [9.17, 15) is 14.4 Å². The Morgan fingerprint density at radius 1 is 1.21 bits per heavy atom. The fourth-order valence-corrected chi connectivity index (χ4v) is 3.06. The quantitative estimate of drug-likeness (QED) is 0.567. The number of amides is 1. The molecule has 134 valence electrons. The maximum absolute atomic E-state index is 13.0. The lowest BCUT2D eigenvalue weighted by Gasteiger charge is -2.28. The van der Waals surface area contributed by atoms with E-state index in [1.165, 1.54) is 7.11 Å². The van der Waals surface area contributed by atoms with Gasteiger partial charge in [0, 0.05) is 31.3 Å². The van der Waals surface area contributed by atoms with Gasteiger partial charge in [0.2, 0.25) is 5.91 Å². The van der Waals surface area contributed by atoms with E-state index >= 15 is 0 Å². The first-order chi connectivity index (χ1) is 11.2. The largest absolute Gasteiger partial charge is 0.464 e. The van der Waals surface area contributed by atoms with Crippen molar-refractivity contribution in [3.05, 3.63) is 22.5 Å². The van der Waals surface area contributed by atoms with E-state index in [2.05, 4.69) is 0 Å².